The maximum atomic E-state index is 12.3. The molecule has 0 saturated carbocycles. The van der Waals surface area contributed by atoms with Crippen LogP contribution >= 0.6 is 0 Å². The van der Waals surface area contributed by atoms with Gasteiger partial charge in [0, 0.05) is 22.9 Å². The molecule has 0 spiro atoms. The molecule has 0 bridgehead atoms. The average molecular weight is 354 g/mol. The van der Waals surface area contributed by atoms with Gasteiger partial charge in [-0.15, -0.1) is 0 Å². The summed E-state index contributed by atoms with van der Waals surface area (Å²) in [5, 5.41) is 5.66. The highest BCUT2D eigenvalue weighted by atomic mass is 16.5. The smallest absolute Gasteiger partial charge is 0.255 e. The van der Waals surface area contributed by atoms with Crippen molar-refractivity contribution < 1.29 is 14.3 Å². The number of anilines is 2. The van der Waals surface area contributed by atoms with Gasteiger partial charge in [0.15, 0.2) is 0 Å². The lowest BCUT2D eigenvalue weighted by Crippen LogP contribution is -2.17. The Balaban J connectivity index is 1.91. The molecule has 5 heteroatoms. The van der Waals surface area contributed by atoms with E-state index in [4.69, 9.17) is 4.74 Å². The number of hydrogen-bond acceptors (Lipinski definition) is 3. The highest BCUT2D eigenvalue weighted by molar-refractivity contribution is 6.04. The standard InChI is InChI=1S/C21H26N2O3/c1-4-5-14-26-19-12-6-16(7-13-19)21(25)23-18-10-8-17(9-11-18)22-20(24)15(2)3/h6-13,15H,4-5,14H2,1-3H3,(H,22,24)(H,23,25). The third-order valence-electron chi connectivity index (χ3n) is 3.82. The van der Waals surface area contributed by atoms with Gasteiger partial charge in [0.25, 0.3) is 5.91 Å². The summed E-state index contributed by atoms with van der Waals surface area (Å²) in [6.45, 7) is 6.47. The second-order valence-corrected chi connectivity index (χ2v) is 6.40. The van der Waals surface area contributed by atoms with Crippen LogP contribution in [0.4, 0.5) is 11.4 Å². The predicted molar refractivity (Wildman–Crippen MR) is 105 cm³/mol. The van der Waals surface area contributed by atoms with Crippen LogP contribution in [0.5, 0.6) is 5.75 Å². The van der Waals surface area contributed by atoms with E-state index in [1.165, 1.54) is 0 Å². The van der Waals surface area contributed by atoms with Gasteiger partial charge in [0.05, 0.1) is 6.61 Å². The molecule has 2 amide bonds. The number of unbranched alkanes of at least 4 members (excludes halogenated alkanes) is 1. The van der Waals surface area contributed by atoms with E-state index in [0.717, 1.165) is 18.6 Å². The van der Waals surface area contributed by atoms with Crippen molar-refractivity contribution in [2.75, 3.05) is 17.2 Å². The minimum Gasteiger partial charge on any atom is -0.494 e. The van der Waals surface area contributed by atoms with Crippen molar-refractivity contribution in [1.82, 2.24) is 0 Å². The molecule has 0 unspecified atom stereocenters. The van der Waals surface area contributed by atoms with E-state index in [1.807, 2.05) is 13.8 Å². The minimum absolute atomic E-state index is 0.0389. The van der Waals surface area contributed by atoms with Crippen molar-refractivity contribution in [2.24, 2.45) is 5.92 Å². The highest BCUT2D eigenvalue weighted by Gasteiger charge is 2.08. The van der Waals surface area contributed by atoms with Crippen molar-refractivity contribution in [3.63, 3.8) is 0 Å². The second-order valence-electron chi connectivity index (χ2n) is 6.40. The Hall–Kier alpha value is -2.82. The summed E-state index contributed by atoms with van der Waals surface area (Å²) >= 11 is 0. The topological polar surface area (TPSA) is 67.4 Å². The summed E-state index contributed by atoms with van der Waals surface area (Å²) in [5.74, 6) is 0.454. The van der Waals surface area contributed by atoms with Gasteiger partial charge < -0.3 is 15.4 Å². The van der Waals surface area contributed by atoms with Crippen LogP contribution in [0.15, 0.2) is 48.5 Å². The molecule has 2 aromatic rings. The third-order valence-corrected chi connectivity index (χ3v) is 3.82. The Morgan fingerprint density at radius 3 is 2.04 bits per heavy atom. The Labute approximate surface area is 154 Å². The fraction of sp³-hybridized carbons (Fsp3) is 0.333. The number of ether oxygens (including phenoxy) is 1. The third kappa shape index (κ3) is 5.92. The molecule has 0 aliphatic rings. The number of carbonyl (C=O) groups is 2. The first kappa shape index (κ1) is 19.5. The van der Waals surface area contributed by atoms with E-state index in [-0.39, 0.29) is 17.7 Å². The summed E-state index contributed by atoms with van der Waals surface area (Å²) in [6, 6.07) is 14.1. The fourth-order valence-electron chi connectivity index (χ4n) is 2.16. The van der Waals surface area contributed by atoms with Crippen LogP contribution in [-0.2, 0) is 4.79 Å². The zero-order valence-corrected chi connectivity index (χ0v) is 15.5. The number of rotatable bonds is 8. The first-order valence-electron chi connectivity index (χ1n) is 8.94. The van der Waals surface area contributed by atoms with Crippen LogP contribution in [0.25, 0.3) is 0 Å². The minimum atomic E-state index is -0.191. The average Bonchev–Trinajstić information content (AvgIpc) is 2.64. The number of hydrogen-bond donors (Lipinski definition) is 2. The Bertz CT molecular complexity index is 722. The van der Waals surface area contributed by atoms with E-state index < -0.39 is 0 Å². The Morgan fingerprint density at radius 1 is 0.923 bits per heavy atom. The Kier molecular flexibility index (Phi) is 7.21. The van der Waals surface area contributed by atoms with Gasteiger partial charge >= 0.3 is 0 Å². The maximum absolute atomic E-state index is 12.3. The first-order chi connectivity index (χ1) is 12.5. The van der Waals surface area contributed by atoms with Gasteiger partial charge in [-0.2, -0.15) is 0 Å². The first-order valence-corrected chi connectivity index (χ1v) is 8.94. The van der Waals surface area contributed by atoms with Crippen molar-refractivity contribution in [3.05, 3.63) is 54.1 Å². The molecule has 0 aliphatic heterocycles. The van der Waals surface area contributed by atoms with Crippen molar-refractivity contribution in [3.8, 4) is 5.75 Å². The lowest BCUT2D eigenvalue weighted by atomic mass is 10.2. The monoisotopic (exact) mass is 354 g/mol. The molecule has 0 fully saturated rings. The zero-order valence-electron chi connectivity index (χ0n) is 15.5. The SMILES string of the molecule is CCCCOc1ccc(C(=O)Nc2ccc(NC(=O)C(C)C)cc2)cc1. The molecule has 0 aliphatic carbocycles. The van der Waals surface area contributed by atoms with Gasteiger partial charge in [-0.25, -0.2) is 0 Å². The second kappa shape index (κ2) is 9.61. The maximum Gasteiger partial charge on any atom is 0.255 e. The van der Waals surface area contributed by atoms with E-state index in [9.17, 15) is 9.59 Å². The van der Waals surface area contributed by atoms with Crippen LogP contribution in [0.1, 0.15) is 44.0 Å². The van der Waals surface area contributed by atoms with Crippen molar-refractivity contribution in [1.29, 1.82) is 0 Å². The molecule has 138 valence electrons. The molecule has 5 nitrogen and oxygen atoms in total. The molecular weight excluding hydrogens is 328 g/mol. The lowest BCUT2D eigenvalue weighted by Gasteiger charge is -2.10. The van der Waals surface area contributed by atoms with Crippen LogP contribution < -0.4 is 15.4 Å². The zero-order chi connectivity index (χ0) is 18.9. The normalized spacial score (nSPS) is 10.5. The molecule has 0 saturated heterocycles. The van der Waals surface area contributed by atoms with E-state index in [1.54, 1.807) is 48.5 Å². The van der Waals surface area contributed by atoms with Gasteiger partial charge in [-0.05, 0) is 55.0 Å². The predicted octanol–water partition coefficient (Wildman–Crippen LogP) is 4.71. The summed E-state index contributed by atoms with van der Waals surface area (Å²) in [7, 11) is 0. The summed E-state index contributed by atoms with van der Waals surface area (Å²) in [4.78, 5) is 24.0. The molecule has 2 aromatic carbocycles. The van der Waals surface area contributed by atoms with Crippen molar-refractivity contribution in [2.45, 2.75) is 33.6 Å². The molecule has 0 radical (unpaired) electrons. The van der Waals surface area contributed by atoms with Crippen LogP contribution in [-0.4, -0.2) is 18.4 Å². The summed E-state index contributed by atoms with van der Waals surface area (Å²) in [6.07, 6.45) is 2.09. The molecule has 2 rings (SSSR count). The van der Waals surface area contributed by atoms with Gasteiger partial charge in [-0.1, -0.05) is 27.2 Å². The van der Waals surface area contributed by atoms with E-state index in [0.29, 0.717) is 23.5 Å². The molecule has 0 heterocycles. The van der Waals surface area contributed by atoms with Crippen LogP contribution in [0, 0.1) is 5.92 Å². The van der Waals surface area contributed by atoms with Gasteiger partial charge in [0.2, 0.25) is 5.91 Å². The highest BCUT2D eigenvalue weighted by Crippen LogP contribution is 2.17. The molecule has 26 heavy (non-hydrogen) atoms. The number of nitrogens with one attached hydrogen (secondary N) is 2. The molecule has 0 atom stereocenters. The fourth-order valence-corrected chi connectivity index (χ4v) is 2.16. The molecular formula is C21H26N2O3. The Morgan fingerprint density at radius 2 is 1.50 bits per heavy atom. The number of amides is 2. The van der Waals surface area contributed by atoms with Crippen LogP contribution in [0.2, 0.25) is 0 Å². The van der Waals surface area contributed by atoms with Crippen molar-refractivity contribution >= 4 is 23.2 Å². The van der Waals surface area contributed by atoms with Gasteiger partial charge in [-0.3, -0.25) is 9.59 Å². The summed E-state index contributed by atoms with van der Waals surface area (Å²) < 4.78 is 5.59. The van der Waals surface area contributed by atoms with E-state index in [2.05, 4.69) is 17.6 Å². The molecule has 0 aromatic heterocycles. The number of benzene rings is 2. The summed E-state index contributed by atoms with van der Waals surface area (Å²) in [5.41, 5.74) is 1.93. The van der Waals surface area contributed by atoms with E-state index >= 15 is 0 Å². The largest absolute Gasteiger partial charge is 0.494 e. The number of carbonyl (C=O) groups excluding carboxylic acids is 2. The van der Waals surface area contributed by atoms with Crippen LogP contribution in [0.3, 0.4) is 0 Å². The van der Waals surface area contributed by atoms with Gasteiger partial charge in [0.1, 0.15) is 5.75 Å². The quantitative estimate of drug-likeness (QED) is 0.675. The lowest BCUT2D eigenvalue weighted by molar-refractivity contribution is -0.118. The molecule has 2 N–H and O–H groups in total.